The maximum absolute atomic E-state index is 10.9. The average molecular weight is 480 g/mol. The molecule has 0 aliphatic heterocycles. The number of carboxylic acid groups (broad SMARTS) is 1. The van der Waals surface area contributed by atoms with Gasteiger partial charge in [0.2, 0.25) is 0 Å². The minimum absolute atomic E-state index is 0.324. The number of nitrogens with zero attached hydrogens (tertiary/aromatic N) is 2. The molecule has 0 radical (unpaired) electrons. The van der Waals surface area contributed by atoms with Gasteiger partial charge in [-0.15, -0.1) is 0 Å². The Morgan fingerprint density at radius 3 is 2.54 bits per heavy atom. The van der Waals surface area contributed by atoms with E-state index >= 15 is 0 Å². The van der Waals surface area contributed by atoms with E-state index in [4.69, 9.17) is 16.7 Å². The van der Waals surface area contributed by atoms with E-state index in [1.54, 1.807) is 12.1 Å². The number of carbonyl (C=O) groups is 1. The summed E-state index contributed by atoms with van der Waals surface area (Å²) >= 11 is 6.24. The lowest BCUT2D eigenvalue weighted by Crippen LogP contribution is -2.16. The zero-order valence-corrected chi connectivity index (χ0v) is 19.6. The van der Waals surface area contributed by atoms with Crippen molar-refractivity contribution in [1.29, 1.82) is 5.26 Å². The van der Waals surface area contributed by atoms with Crippen molar-refractivity contribution in [2.45, 2.75) is 19.3 Å². The molecule has 1 fully saturated rings. The molecule has 1 aliphatic carbocycles. The highest BCUT2D eigenvalue weighted by atomic mass is 35.5. The molecule has 0 atom stereocenters. The number of H-pyrrole nitrogens is 1. The number of nitrogens with one attached hydrogen (secondary N) is 1. The van der Waals surface area contributed by atoms with Gasteiger partial charge in [-0.3, -0.25) is 5.10 Å². The lowest BCUT2D eigenvalue weighted by atomic mass is 9.72. The van der Waals surface area contributed by atoms with Gasteiger partial charge < -0.3 is 5.11 Å². The van der Waals surface area contributed by atoms with Gasteiger partial charge in [0, 0.05) is 16.5 Å². The fourth-order valence-corrected chi connectivity index (χ4v) is 4.78. The Balaban J connectivity index is 1.77. The molecule has 0 saturated heterocycles. The Morgan fingerprint density at radius 2 is 1.86 bits per heavy atom. The maximum Gasteiger partial charge on any atom is 0.328 e. The van der Waals surface area contributed by atoms with Crippen molar-refractivity contribution < 1.29 is 9.90 Å². The predicted molar refractivity (Wildman–Crippen MR) is 139 cm³/mol. The molecule has 6 heteroatoms. The number of carboxylic acids is 1. The van der Waals surface area contributed by atoms with Crippen LogP contribution in [0, 0.1) is 17.2 Å². The standard InChI is InChI=1S/C29H22ClN3O2/c30-24-10-11-25(22(15-24)16-31)29(19-2-1-3-19)28(21-9-12-26-23(14-21)17-32-33-26)20-7-4-18(5-8-20)6-13-27(34)35/h4-15,17,19H,1-3H2,(H,32,33)(H,34,35). The van der Waals surface area contributed by atoms with Gasteiger partial charge in [0.05, 0.1) is 23.3 Å². The first-order valence-electron chi connectivity index (χ1n) is 11.4. The van der Waals surface area contributed by atoms with E-state index in [1.165, 1.54) is 0 Å². The van der Waals surface area contributed by atoms with E-state index in [9.17, 15) is 10.1 Å². The average Bonchev–Trinajstić information content (AvgIpc) is 3.30. The molecule has 4 aromatic rings. The van der Waals surface area contributed by atoms with Crippen LogP contribution >= 0.6 is 11.6 Å². The summed E-state index contributed by atoms with van der Waals surface area (Å²) < 4.78 is 0. The zero-order valence-electron chi connectivity index (χ0n) is 18.8. The van der Waals surface area contributed by atoms with E-state index in [2.05, 4.69) is 28.4 Å². The molecular weight excluding hydrogens is 458 g/mol. The Hall–Kier alpha value is -4.14. The molecular formula is C29H22ClN3O2. The Morgan fingerprint density at radius 1 is 1.09 bits per heavy atom. The monoisotopic (exact) mass is 479 g/mol. The van der Waals surface area contributed by atoms with Gasteiger partial charge in [-0.2, -0.15) is 10.4 Å². The second-order valence-electron chi connectivity index (χ2n) is 8.68. The molecule has 1 saturated carbocycles. The van der Waals surface area contributed by atoms with Crippen LogP contribution in [-0.4, -0.2) is 21.3 Å². The van der Waals surface area contributed by atoms with Crippen LogP contribution in [0.25, 0.3) is 28.1 Å². The molecule has 0 spiro atoms. The number of allylic oxidation sites excluding steroid dienone is 1. The molecule has 1 aliphatic rings. The lowest BCUT2D eigenvalue weighted by Gasteiger charge is -2.32. The molecule has 0 unspecified atom stereocenters. The van der Waals surface area contributed by atoms with Gasteiger partial charge in [-0.1, -0.05) is 54.4 Å². The summed E-state index contributed by atoms with van der Waals surface area (Å²) in [4.78, 5) is 10.9. The Bertz CT molecular complexity index is 1520. The topological polar surface area (TPSA) is 89.8 Å². The second-order valence-corrected chi connectivity index (χ2v) is 9.12. The first-order chi connectivity index (χ1) is 17.0. The fourth-order valence-electron chi connectivity index (χ4n) is 4.60. The number of nitriles is 1. The number of fused-ring (bicyclic) bond motifs is 1. The number of benzene rings is 3. The normalized spacial score (nSPS) is 14.5. The number of rotatable bonds is 6. The highest BCUT2D eigenvalue weighted by Gasteiger charge is 2.29. The summed E-state index contributed by atoms with van der Waals surface area (Å²) in [7, 11) is 0. The van der Waals surface area contributed by atoms with Gasteiger partial charge in [0.1, 0.15) is 0 Å². The van der Waals surface area contributed by atoms with E-state index in [-0.39, 0.29) is 0 Å². The Labute approximate surface area is 208 Å². The van der Waals surface area contributed by atoms with Crippen LogP contribution in [0.2, 0.25) is 5.02 Å². The molecule has 35 heavy (non-hydrogen) atoms. The Kier molecular flexibility index (Phi) is 6.22. The molecule has 3 aromatic carbocycles. The summed E-state index contributed by atoms with van der Waals surface area (Å²) in [6, 6.07) is 21.9. The summed E-state index contributed by atoms with van der Waals surface area (Å²) in [6.07, 6.45) is 7.77. The SMILES string of the molecule is N#Cc1cc(Cl)ccc1C(=C(c1ccc(C=CC(=O)O)cc1)c1ccc2[nH]ncc2c1)C1CCC1. The van der Waals surface area contributed by atoms with Crippen molar-refractivity contribution >= 4 is 45.7 Å². The van der Waals surface area contributed by atoms with Crippen molar-refractivity contribution in [2.75, 3.05) is 0 Å². The first kappa shape index (κ1) is 22.6. The van der Waals surface area contributed by atoms with Crippen LogP contribution < -0.4 is 0 Å². The summed E-state index contributed by atoms with van der Waals surface area (Å²) in [5.41, 5.74) is 7.45. The minimum Gasteiger partial charge on any atom is -0.478 e. The summed E-state index contributed by atoms with van der Waals surface area (Å²) in [5, 5.41) is 27.6. The van der Waals surface area contributed by atoms with E-state index in [0.717, 1.165) is 69.6 Å². The third kappa shape index (κ3) is 4.62. The van der Waals surface area contributed by atoms with Gasteiger partial charge in [-0.05, 0) is 82.5 Å². The molecule has 172 valence electrons. The van der Waals surface area contributed by atoms with Crippen LogP contribution in [0.1, 0.15) is 47.1 Å². The van der Waals surface area contributed by atoms with E-state index in [1.807, 2.05) is 48.7 Å². The van der Waals surface area contributed by atoms with E-state index < -0.39 is 5.97 Å². The highest BCUT2D eigenvalue weighted by molar-refractivity contribution is 6.30. The number of aliphatic carboxylic acids is 1. The van der Waals surface area contributed by atoms with Gasteiger partial charge >= 0.3 is 5.97 Å². The van der Waals surface area contributed by atoms with Crippen molar-refractivity contribution in [3.8, 4) is 6.07 Å². The smallest absolute Gasteiger partial charge is 0.328 e. The minimum atomic E-state index is -0.984. The molecule has 5 nitrogen and oxygen atoms in total. The van der Waals surface area contributed by atoms with Crippen LogP contribution in [0.4, 0.5) is 0 Å². The van der Waals surface area contributed by atoms with Crippen molar-refractivity contribution in [2.24, 2.45) is 5.92 Å². The first-order valence-corrected chi connectivity index (χ1v) is 11.8. The van der Waals surface area contributed by atoms with Crippen LogP contribution in [0.15, 0.2) is 72.9 Å². The number of halogens is 1. The van der Waals surface area contributed by atoms with Crippen molar-refractivity contribution in [1.82, 2.24) is 10.2 Å². The van der Waals surface area contributed by atoms with Gasteiger partial charge in [-0.25, -0.2) is 4.79 Å². The zero-order chi connectivity index (χ0) is 24.4. The number of aromatic amines is 1. The number of aromatic nitrogens is 2. The van der Waals surface area contributed by atoms with E-state index in [0.29, 0.717) is 16.5 Å². The maximum atomic E-state index is 10.9. The fraction of sp³-hybridized carbons (Fsp3) is 0.138. The summed E-state index contributed by atoms with van der Waals surface area (Å²) in [6.45, 7) is 0. The molecule has 0 amide bonds. The van der Waals surface area contributed by atoms with Crippen LogP contribution in [0.5, 0.6) is 0 Å². The molecule has 2 N–H and O–H groups in total. The van der Waals surface area contributed by atoms with Gasteiger partial charge in [0.25, 0.3) is 0 Å². The molecule has 1 heterocycles. The van der Waals surface area contributed by atoms with Gasteiger partial charge in [0.15, 0.2) is 0 Å². The molecule has 5 rings (SSSR count). The van der Waals surface area contributed by atoms with Crippen LogP contribution in [-0.2, 0) is 4.79 Å². The lowest BCUT2D eigenvalue weighted by molar-refractivity contribution is -0.131. The van der Waals surface area contributed by atoms with Crippen molar-refractivity contribution in [3.05, 3.63) is 106 Å². The van der Waals surface area contributed by atoms with Crippen LogP contribution in [0.3, 0.4) is 0 Å². The quantitative estimate of drug-likeness (QED) is 0.231. The highest BCUT2D eigenvalue weighted by Crippen LogP contribution is 2.46. The molecule has 0 bridgehead atoms. The second kappa shape index (κ2) is 9.61. The summed E-state index contributed by atoms with van der Waals surface area (Å²) in [5.74, 6) is -0.660. The van der Waals surface area contributed by atoms with Crippen molar-refractivity contribution in [3.63, 3.8) is 0 Å². The predicted octanol–water partition coefficient (Wildman–Crippen LogP) is 6.94. The number of hydrogen-bond donors (Lipinski definition) is 2. The largest absolute Gasteiger partial charge is 0.478 e. The number of hydrogen-bond acceptors (Lipinski definition) is 3. The molecule has 1 aromatic heterocycles. The third-order valence-corrected chi connectivity index (χ3v) is 6.76. The third-order valence-electron chi connectivity index (χ3n) is 6.52.